The quantitative estimate of drug-likeness (QED) is 0.887. The van der Waals surface area contributed by atoms with E-state index in [1.54, 1.807) is 0 Å². The van der Waals surface area contributed by atoms with Crippen molar-refractivity contribution in [2.24, 2.45) is 5.92 Å². The SMILES string of the molecule is C[C@H](Nc1nc(=O)n(C2(C)CC2)c(=O)[nH]1)C1CCCCC1. The monoisotopic (exact) mass is 292 g/mol. The molecule has 1 aromatic rings. The van der Waals surface area contributed by atoms with Crippen molar-refractivity contribution in [3.05, 3.63) is 21.0 Å². The van der Waals surface area contributed by atoms with E-state index >= 15 is 0 Å². The van der Waals surface area contributed by atoms with Gasteiger partial charge in [0.1, 0.15) is 0 Å². The Hall–Kier alpha value is -1.59. The lowest BCUT2D eigenvalue weighted by Crippen LogP contribution is -2.43. The summed E-state index contributed by atoms with van der Waals surface area (Å²) in [4.78, 5) is 31.0. The first-order valence-corrected chi connectivity index (χ1v) is 8.00. The minimum Gasteiger partial charge on any atom is -0.353 e. The number of nitrogens with zero attached hydrogens (tertiary/aromatic N) is 2. The zero-order chi connectivity index (χ0) is 15.0. The average Bonchev–Trinajstić information content (AvgIpc) is 3.17. The number of anilines is 1. The molecule has 2 N–H and O–H groups in total. The fourth-order valence-electron chi connectivity index (χ4n) is 3.33. The number of rotatable bonds is 4. The molecule has 116 valence electrons. The molecule has 6 nitrogen and oxygen atoms in total. The third-order valence-electron chi connectivity index (χ3n) is 5.06. The van der Waals surface area contributed by atoms with Crippen LogP contribution in [0.4, 0.5) is 5.95 Å². The molecule has 0 amide bonds. The Balaban J connectivity index is 1.77. The molecule has 0 spiro atoms. The number of nitrogens with one attached hydrogen (secondary N) is 2. The lowest BCUT2D eigenvalue weighted by molar-refractivity contribution is 0.327. The van der Waals surface area contributed by atoms with Crippen LogP contribution in [-0.2, 0) is 5.54 Å². The third kappa shape index (κ3) is 2.89. The highest BCUT2D eigenvalue weighted by atomic mass is 16.2. The Morgan fingerprint density at radius 3 is 2.52 bits per heavy atom. The van der Waals surface area contributed by atoms with E-state index in [4.69, 9.17) is 0 Å². The molecule has 0 radical (unpaired) electrons. The summed E-state index contributed by atoms with van der Waals surface area (Å²) in [6.45, 7) is 4.02. The lowest BCUT2D eigenvalue weighted by Gasteiger charge is -2.28. The summed E-state index contributed by atoms with van der Waals surface area (Å²) >= 11 is 0. The smallest absolute Gasteiger partial charge is 0.353 e. The van der Waals surface area contributed by atoms with E-state index in [0.29, 0.717) is 11.9 Å². The normalized spacial score (nSPS) is 22.8. The fraction of sp³-hybridized carbons (Fsp3) is 0.800. The molecule has 3 rings (SSSR count). The molecule has 21 heavy (non-hydrogen) atoms. The maximum absolute atomic E-state index is 12.1. The van der Waals surface area contributed by atoms with E-state index in [1.165, 1.54) is 36.7 Å². The van der Waals surface area contributed by atoms with Crippen molar-refractivity contribution in [3.8, 4) is 0 Å². The Labute approximate surface area is 124 Å². The third-order valence-corrected chi connectivity index (χ3v) is 5.06. The molecular weight excluding hydrogens is 268 g/mol. The molecule has 0 saturated heterocycles. The van der Waals surface area contributed by atoms with Crippen molar-refractivity contribution < 1.29 is 0 Å². The molecule has 1 atom stereocenters. The summed E-state index contributed by atoms with van der Waals surface area (Å²) in [5, 5.41) is 3.21. The minimum absolute atomic E-state index is 0.222. The Morgan fingerprint density at radius 2 is 1.95 bits per heavy atom. The van der Waals surface area contributed by atoms with Crippen LogP contribution in [0.15, 0.2) is 9.59 Å². The topological polar surface area (TPSA) is 79.8 Å². The summed E-state index contributed by atoms with van der Waals surface area (Å²) in [5.41, 5.74) is -1.13. The van der Waals surface area contributed by atoms with Gasteiger partial charge in [0.05, 0.1) is 5.54 Å². The fourth-order valence-corrected chi connectivity index (χ4v) is 3.33. The largest absolute Gasteiger partial charge is 0.355 e. The van der Waals surface area contributed by atoms with Gasteiger partial charge in [0.25, 0.3) is 0 Å². The first-order chi connectivity index (χ1) is 9.99. The van der Waals surface area contributed by atoms with Crippen LogP contribution >= 0.6 is 0 Å². The van der Waals surface area contributed by atoms with Gasteiger partial charge in [-0.05, 0) is 45.4 Å². The highest BCUT2D eigenvalue weighted by molar-refractivity contribution is 5.23. The van der Waals surface area contributed by atoms with Crippen LogP contribution in [0.3, 0.4) is 0 Å². The first kappa shape index (κ1) is 14.4. The van der Waals surface area contributed by atoms with Gasteiger partial charge in [0.15, 0.2) is 0 Å². The first-order valence-electron chi connectivity index (χ1n) is 8.00. The molecule has 0 aliphatic heterocycles. The van der Waals surface area contributed by atoms with E-state index in [1.807, 2.05) is 6.92 Å². The average molecular weight is 292 g/mol. The van der Waals surface area contributed by atoms with Crippen molar-refractivity contribution >= 4 is 5.95 Å². The summed E-state index contributed by atoms with van der Waals surface area (Å²) in [5.74, 6) is 0.899. The maximum atomic E-state index is 12.1. The van der Waals surface area contributed by atoms with E-state index in [2.05, 4.69) is 22.2 Å². The predicted octanol–water partition coefficient (Wildman–Crippen LogP) is 1.82. The number of aromatic nitrogens is 3. The Bertz CT molecular complexity index is 592. The van der Waals surface area contributed by atoms with Crippen molar-refractivity contribution in [2.75, 3.05) is 5.32 Å². The number of hydrogen-bond acceptors (Lipinski definition) is 4. The van der Waals surface area contributed by atoms with Crippen LogP contribution in [-0.4, -0.2) is 20.6 Å². The van der Waals surface area contributed by atoms with Crippen LogP contribution in [0, 0.1) is 5.92 Å². The number of aromatic amines is 1. The van der Waals surface area contributed by atoms with Crippen LogP contribution in [0.5, 0.6) is 0 Å². The molecule has 0 bridgehead atoms. The van der Waals surface area contributed by atoms with Crippen molar-refractivity contribution in [2.45, 2.75) is 70.4 Å². The molecule has 2 aliphatic rings. The highest BCUT2D eigenvalue weighted by Gasteiger charge is 2.42. The van der Waals surface area contributed by atoms with Gasteiger partial charge in [-0.3, -0.25) is 4.98 Å². The van der Waals surface area contributed by atoms with Crippen LogP contribution in [0.25, 0.3) is 0 Å². The van der Waals surface area contributed by atoms with E-state index in [-0.39, 0.29) is 17.3 Å². The highest BCUT2D eigenvalue weighted by Crippen LogP contribution is 2.40. The van der Waals surface area contributed by atoms with Gasteiger partial charge >= 0.3 is 11.4 Å². The maximum Gasteiger partial charge on any atom is 0.355 e. The second-order valence-electron chi connectivity index (χ2n) is 6.84. The van der Waals surface area contributed by atoms with E-state index in [0.717, 1.165) is 12.8 Å². The molecular formula is C15H24N4O2. The molecule has 0 unspecified atom stereocenters. The molecule has 1 heterocycles. The zero-order valence-corrected chi connectivity index (χ0v) is 12.8. The summed E-state index contributed by atoms with van der Waals surface area (Å²) in [7, 11) is 0. The lowest BCUT2D eigenvalue weighted by atomic mass is 9.85. The number of H-pyrrole nitrogens is 1. The van der Waals surface area contributed by atoms with Gasteiger partial charge in [-0.2, -0.15) is 4.98 Å². The summed E-state index contributed by atoms with van der Waals surface area (Å²) < 4.78 is 1.25. The van der Waals surface area contributed by atoms with Crippen LogP contribution < -0.4 is 16.7 Å². The Kier molecular flexibility index (Phi) is 3.63. The summed E-state index contributed by atoms with van der Waals surface area (Å²) in [6.07, 6.45) is 7.97. The van der Waals surface area contributed by atoms with Gasteiger partial charge in [0.2, 0.25) is 5.95 Å². The molecule has 6 heteroatoms. The molecule has 2 aliphatic carbocycles. The van der Waals surface area contributed by atoms with Gasteiger partial charge in [-0.1, -0.05) is 19.3 Å². The van der Waals surface area contributed by atoms with Crippen molar-refractivity contribution in [3.63, 3.8) is 0 Å². The Morgan fingerprint density at radius 1 is 1.29 bits per heavy atom. The second-order valence-corrected chi connectivity index (χ2v) is 6.84. The van der Waals surface area contributed by atoms with Gasteiger partial charge in [-0.15, -0.1) is 0 Å². The molecule has 2 fully saturated rings. The zero-order valence-electron chi connectivity index (χ0n) is 12.8. The standard InChI is InChI=1S/C15H24N4O2/c1-10(11-6-4-3-5-7-11)16-12-17-13(20)19(14(21)18-12)15(2)8-9-15/h10-11H,3-9H2,1-2H3,(H2,16,17,18,20,21)/t10-/m0/s1. The van der Waals surface area contributed by atoms with Crippen molar-refractivity contribution in [1.82, 2.24) is 14.5 Å². The van der Waals surface area contributed by atoms with Gasteiger partial charge < -0.3 is 5.32 Å². The molecule has 2 saturated carbocycles. The molecule has 0 aromatic carbocycles. The molecule has 1 aromatic heterocycles. The minimum atomic E-state index is -0.447. The van der Waals surface area contributed by atoms with Gasteiger partial charge in [0, 0.05) is 6.04 Å². The van der Waals surface area contributed by atoms with Crippen LogP contribution in [0.2, 0.25) is 0 Å². The second kappa shape index (κ2) is 5.31. The number of hydrogen-bond donors (Lipinski definition) is 2. The van der Waals surface area contributed by atoms with E-state index < -0.39 is 5.69 Å². The van der Waals surface area contributed by atoms with Crippen LogP contribution in [0.1, 0.15) is 58.8 Å². The van der Waals surface area contributed by atoms with Crippen molar-refractivity contribution in [1.29, 1.82) is 0 Å². The van der Waals surface area contributed by atoms with Gasteiger partial charge in [-0.25, -0.2) is 14.2 Å². The van der Waals surface area contributed by atoms with E-state index in [9.17, 15) is 9.59 Å². The summed E-state index contributed by atoms with van der Waals surface area (Å²) in [6, 6.07) is 0.222. The predicted molar refractivity (Wildman–Crippen MR) is 81.7 cm³/mol.